The normalized spacial score (nSPS) is 15.3. The first-order valence-electron chi connectivity index (χ1n) is 10.4. The summed E-state index contributed by atoms with van der Waals surface area (Å²) >= 11 is 0. The molecule has 3 aromatic rings. The molecule has 4 rings (SSSR count). The van der Waals surface area contributed by atoms with Gasteiger partial charge in [0.25, 0.3) is 5.89 Å². The summed E-state index contributed by atoms with van der Waals surface area (Å²) in [6.45, 7) is 12.1. The molecule has 1 aliphatic heterocycles. The number of fused-ring (bicyclic) bond motifs is 1. The Labute approximate surface area is 180 Å². The second-order valence-electron chi connectivity index (χ2n) is 7.88. The van der Waals surface area contributed by atoms with Gasteiger partial charge in [-0.2, -0.15) is 4.98 Å². The lowest BCUT2D eigenvalue weighted by Crippen LogP contribution is -2.30. The summed E-state index contributed by atoms with van der Waals surface area (Å²) in [5.74, 6) is 0.166. The summed E-state index contributed by atoms with van der Waals surface area (Å²) in [5.41, 5.74) is 6.76. The number of carbonyl (C=O) groups is 1. The van der Waals surface area contributed by atoms with E-state index in [2.05, 4.69) is 33.3 Å². The topological polar surface area (TPSA) is 92.6 Å². The molecule has 158 valence electrons. The highest BCUT2D eigenvalue weighted by Gasteiger charge is 2.24. The van der Waals surface area contributed by atoms with Crippen molar-refractivity contribution in [3.63, 3.8) is 0 Å². The van der Waals surface area contributed by atoms with Crippen LogP contribution in [0.3, 0.4) is 0 Å². The summed E-state index contributed by atoms with van der Waals surface area (Å²) in [6.07, 6.45) is 2.53. The zero-order chi connectivity index (χ0) is 22.0. The summed E-state index contributed by atoms with van der Waals surface area (Å²) in [4.78, 5) is 19.0. The Morgan fingerprint density at radius 2 is 2.16 bits per heavy atom. The van der Waals surface area contributed by atoms with Crippen molar-refractivity contribution in [2.24, 2.45) is 0 Å². The van der Waals surface area contributed by atoms with E-state index < -0.39 is 5.97 Å². The van der Waals surface area contributed by atoms with E-state index in [0.717, 1.165) is 41.6 Å². The number of aryl methyl sites for hydroxylation is 1. The molecule has 0 bridgehead atoms. The molecule has 0 saturated heterocycles. The fraction of sp³-hybridized carbons (Fsp3) is 0.333. The average Bonchev–Trinajstić information content (AvgIpc) is 3.24. The number of aromatic nitrogens is 2. The largest absolute Gasteiger partial charge is 0.481 e. The molecule has 1 unspecified atom stereocenters. The zero-order valence-electron chi connectivity index (χ0n) is 17.6. The minimum atomic E-state index is -0.757. The van der Waals surface area contributed by atoms with Crippen LogP contribution in [-0.4, -0.2) is 27.8 Å². The van der Waals surface area contributed by atoms with Crippen LogP contribution in [0.4, 0.5) is 5.69 Å². The van der Waals surface area contributed by atoms with E-state index in [1.54, 1.807) is 6.07 Å². The number of carboxylic acids is 1. The number of nitrogens with one attached hydrogen (secondary N) is 1. The van der Waals surface area contributed by atoms with Crippen molar-refractivity contribution in [3.05, 3.63) is 64.0 Å². The molecule has 2 aromatic carbocycles. The van der Waals surface area contributed by atoms with Gasteiger partial charge in [-0.25, -0.2) is 4.85 Å². The van der Waals surface area contributed by atoms with Gasteiger partial charge in [-0.3, -0.25) is 4.79 Å². The van der Waals surface area contributed by atoms with Crippen LogP contribution in [0.1, 0.15) is 47.6 Å². The first-order valence-corrected chi connectivity index (χ1v) is 10.4. The molecule has 1 aromatic heterocycles. The predicted octanol–water partition coefficient (Wildman–Crippen LogP) is 5.01. The molecular formula is C24H24N4O3. The van der Waals surface area contributed by atoms with Gasteiger partial charge in [0.1, 0.15) is 0 Å². The smallest absolute Gasteiger partial charge is 0.303 e. The van der Waals surface area contributed by atoms with Gasteiger partial charge in [0, 0.05) is 23.6 Å². The van der Waals surface area contributed by atoms with Crippen LogP contribution in [0.15, 0.2) is 34.9 Å². The second kappa shape index (κ2) is 8.70. The van der Waals surface area contributed by atoms with Crippen molar-refractivity contribution in [3.8, 4) is 22.8 Å². The van der Waals surface area contributed by atoms with Crippen LogP contribution in [0.5, 0.6) is 0 Å². The maximum atomic E-state index is 10.8. The van der Waals surface area contributed by atoms with E-state index in [1.165, 1.54) is 11.1 Å². The SMILES string of the molecule is [C-]#[N+]c1cc(-c2nc(-c3ccc4c(c3C)CCNC4CCCC(=O)O)no2)ccc1C. The summed E-state index contributed by atoms with van der Waals surface area (Å²) in [6, 6.07) is 9.81. The average molecular weight is 416 g/mol. The third-order valence-corrected chi connectivity index (χ3v) is 5.90. The molecule has 0 fully saturated rings. The lowest BCUT2D eigenvalue weighted by molar-refractivity contribution is -0.137. The fourth-order valence-electron chi connectivity index (χ4n) is 4.19. The van der Waals surface area contributed by atoms with Crippen LogP contribution in [0.25, 0.3) is 27.7 Å². The molecular weight excluding hydrogens is 392 g/mol. The monoisotopic (exact) mass is 416 g/mol. The molecule has 1 atom stereocenters. The quantitative estimate of drug-likeness (QED) is 0.549. The number of benzene rings is 2. The molecule has 0 radical (unpaired) electrons. The van der Waals surface area contributed by atoms with E-state index in [9.17, 15) is 4.79 Å². The van der Waals surface area contributed by atoms with E-state index >= 15 is 0 Å². The number of hydrogen-bond donors (Lipinski definition) is 2. The highest BCUT2D eigenvalue weighted by molar-refractivity contribution is 5.69. The van der Waals surface area contributed by atoms with Gasteiger partial charge in [0.05, 0.1) is 6.57 Å². The van der Waals surface area contributed by atoms with E-state index in [0.29, 0.717) is 23.8 Å². The molecule has 7 heteroatoms. The van der Waals surface area contributed by atoms with Gasteiger partial charge in [-0.05, 0) is 68.0 Å². The molecule has 0 saturated carbocycles. The highest BCUT2D eigenvalue weighted by Crippen LogP contribution is 2.35. The first-order chi connectivity index (χ1) is 15.0. The van der Waals surface area contributed by atoms with E-state index in [4.69, 9.17) is 16.2 Å². The van der Waals surface area contributed by atoms with Crippen LogP contribution < -0.4 is 5.32 Å². The summed E-state index contributed by atoms with van der Waals surface area (Å²) in [7, 11) is 0. The first kappa shape index (κ1) is 20.8. The molecule has 0 aliphatic carbocycles. The van der Waals surface area contributed by atoms with Crippen molar-refractivity contribution in [1.82, 2.24) is 15.5 Å². The second-order valence-corrected chi connectivity index (χ2v) is 7.88. The van der Waals surface area contributed by atoms with Gasteiger partial charge in [-0.1, -0.05) is 29.4 Å². The Morgan fingerprint density at radius 3 is 2.94 bits per heavy atom. The maximum Gasteiger partial charge on any atom is 0.303 e. The van der Waals surface area contributed by atoms with Gasteiger partial charge in [0.2, 0.25) is 5.82 Å². The van der Waals surface area contributed by atoms with Crippen LogP contribution >= 0.6 is 0 Å². The third-order valence-electron chi connectivity index (χ3n) is 5.90. The Balaban J connectivity index is 1.62. The maximum absolute atomic E-state index is 10.8. The minimum absolute atomic E-state index is 0.163. The number of aliphatic carboxylic acids is 1. The van der Waals surface area contributed by atoms with Gasteiger partial charge in [0.15, 0.2) is 5.69 Å². The highest BCUT2D eigenvalue weighted by atomic mass is 16.5. The summed E-state index contributed by atoms with van der Waals surface area (Å²) < 4.78 is 5.51. The van der Waals surface area contributed by atoms with Gasteiger partial charge < -0.3 is 14.9 Å². The molecule has 2 heterocycles. The lowest BCUT2D eigenvalue weighted by Gasteiger charge is -2.29. The standard InChI is InChI=1S/C24H24N4O3/c1-14-7-8-16(13-21(14)25-3)24-27-23(28-31-24)18-9-10-19-17(15(18)2)11-12-26-20(19)5-4-6-22(29)30/h7-10,13,20,26H,4-6,11-12H2,1-2H3,(H,29,30). The van der Waals surface area contributed by atoms with Gasteiger partial charge in [-0.15, -0.1) is 0 Å². The Kier molecular flexibility index (Phi) is 5.83. The molecule has 7 nitrogen and oxygen atoms in total. The molecule has 2 N–H and O–H groups in total. The summed E-state index contributed by atoms with van der Waals surface area (Å²) in [5, 5.41) is 16.6. The Bertz CT molecular complexity index is 1180. The van der Waals surface area contributed by atoms with E-state index in [1.807, 2.05) is 25.1 Å². The van der Waals surface area contributed by atoms with Gasteiger partial charge >= 0.3 is 5.97 Å². The van der Waals surface area contributed by atoms with E-state index in [-0.39, 0.29) is 12.5 Å². The molecule has 0 amide bonds. The zero-order valence-corrected chi connectivity index (χ0v) is 17.6. The third kappa shape index (κ3) is 4.21. The Hall–Kier alpha value is -3.50. The molecule has 31 heavy (non-hydrogen) atoms. The van der Waals surface area contributed by atoms with Crippen LogP contribution in [-0.2, 0) is 11.2 Å². The van der Waals surface area contributed by atoms with Crippen molar-refractivity contribution < 1.29 is 14.4 Å². The molecule has 0 spiro atoms. The predicted molar refractivity (Wildman–Crippen MR) is 117 cm³/mol. The van der Waals surface area contributed by atoms with Crippen molar-refractivity contribution >= 4 is 11.7 Å². The number of nitrogens with zero attached hydrogens (tertiary/aromatic N) is 3. The Morgan fingerprint density at radius 1 is 1.32 bits per heavy atom. The van der Waals surface area contributed by atoms with Crippen LogP contribution in [0, 0.1) is 20.4 Å². The fourth-order valence-corrected chi connectivity index (χ4v) is 4.19. The van der Waals surface area contributed by atoms with Crippen molar-refractivity contribution in [2.75, 3.05) is 6.54 Å². The molecule has 1 aliphatic rings. The van der Waals surface area contributed by atoms with Crippen molar-refractivity contribution in [1.29, 1.82) is 0 Å². The lowest BCUT2D eigenvalue weighted by atomic mass is 9.86. The number of hydrogen-bond acceptors (Lipinski definition) is 5. The number of rotatable bonds is 6. The van der Waals surface area contributed by atoms with Crippen LogP contribution in [0.2, 0.25) is 0 Å². The number of carboxylic acid groups (broad SMARTS) is 1. The van der Waals surface area contributed by atoms with Crippen molar-refractivity contribution in [2.45, 2.75) is 45.6 Å². The minimum Gasteiger partial charge on any atom is -0.481 e.